The van der Waals surface area contributed by atoms with Gasteiger partial charge in [-0.15, -0.1) is 0 Å². The highest BCUT2D eigenvalue weighted by atomic mass is 16.5. The molecule has 1 atom stereocenters. The Morgan fingerprint density at radius 2 is 1.90 bits per heavy atom. The molecule has 3 amide bonds. The fourth-order valence-corrected chi connectivity index (χ4v) is 3.01. The van der Waals surface area contributed by atoms with Gasteiger partial charge in [0.2, 0.25) is 0 Å². The lowest BCUT2D eigenvalue weighted by Crippen LogP contribution is -2.43. The quantitative estimate of drug-likeness (QED) is 0.794. The van der Waals surface area contributed by atoms with Crippen molar-refractivity contribution in [1.82, 2.24) is 15.3 Å². The lowest BCUT2D eigenvalue weighted by atomic mass is 9.85. The first kappa shape index (κ1) is 20.3. The van der Waals surface area contributed by atoms with Crippen LogP contribution in [0.3, 0.4) is 0 Å². The van der Waals surface area contributed by atoms with E-state index < -0.39 is 11.6 Å². The predicted molar refractivity (Wildman–Crippen MR) is 107 cm³/mol. The van der Waals surface area contributed by atoms with Gasteiger partial charge in [0.25, 0.3) is 5.91 Å². The van der Waals surface area contributed by atoms with Gasteiger partial charge in [0, 0.05) is 5.56 Å². The van der Waals surface area contributed by atoms with E-state index in [-0.39, 0.29) is 23.0 Å². The maximum atomic E-state index is 12.6. The zero-order valence-corrected chi connectivity index (χ0v) is 17.1. The van der Waals surface area contributed by atoms with E-state index in [0.717, 1.165) is 10.5 Å². The second-order valence-electron chi connectivity index (χ2n) is 8.16. The second-order valence-corrected chi connectivity index (χ2v) is 8.16. The molecule has 0 saturated carbocycles. The first-order chi connectivity index (χ1) is 13.6. The van der Waals surface area contributed by atoms with Crippen LogP contribution in [-0.2, 0) is 10.2 Å². The average molecular weight is 393 g/mol. The van der Waals surface area contributed by atoms with Crippen molar-refractivity contribution < 1.29 is 14.3 Å². The van der Waals surface area contributed by atoms with Gasteiger partial charge in [0.15, 0.2) is 0 Å². The van der Waals surface area contributed by atoms with E-state index in [1.54, 1.807) is 25.1 Å². The van der Waals surface area contributed by atoms with Gasteiger partial charge in [-0.3, -0.25) is 4.79 Å². The molecule has 0 spiro atoms. The lowest BCUT2D eigenvalue weighted by molar-refractivity contribution is -0.121. The number of anilines is 1. The molecule has 0 radical (unpaired) electrons. The average Bonchev–Trinajstić information content (AvgIpc) is 2.91. The number of ether oxygens (including phenoxy) is 1. The van der Waals surface area contributed by atoms with Crippen molar-refractivity contribution in [3.63, 3.8) is 0 Å². The van der Waals surface area contributed by atoms with E-state index in [1.807, 2.05) is 27.7 Å². The number of hydrogen-bond acceptors (Lipinski definition) is 6. The minimum Gasteiger partial charge on any atom is -0.424 e. The van der Waals surface area contributed by atoms with Crippen LogP contribution in [0.5, 0.6) is 11.8 Å². The summed E-state index contributed by atoms with van der Waals surface area (Å²) in [6, 6.07) is 6.86. The molecule has 29 heavy (non-hydrogen) atoms. The van der Waals surface area contributed by atoms with Crippen LogP contribution in [0.15, 0.2) is 30.6 Å². The monoisotopic (exact) mass is 393 g/mol. The molecular weight excluding hydrogens is 370 g/mol. The van der Waals surface area contributed by atoms with Crippen LogP contribution >= 0.6 is 0 Å². The molecule has 150 valence electrons. The summed E-state index contributed by atoms with van der Waals surface area (Å²) in [7, 11) is 0. The SMILES string of the molecule is CCC1(C)NC(=O)N(c2cnc(Oc3ccc(C#N)cc3C(C)(C)C)nc2)C1=O. The summed E-state index contributed by atoms with van der Waals surface area (Å²) in [5, 5.41) is 11.9. The third kappa shape index (κ3) is 3.76. The minimum absolute atomic E-state index is 0.0780. The lowest BCUT2D eigenvalue weighted by Gasteiger charge is -2.22. The highest BCUT2D eigenvalue weighted by Gasteiger charge is 2.47. The first-order valence-electron chi connectivity index (χ1n) is 9.30. The van der Waals surface area contributed by atoms with Crippen molar-refractivity contribution in [2.45, 2.75) is 52.0 Å². The zero-order chi connectivity index (χ0) is 21.4. The van der Waals surface area contributed by atoms with E-state index >= 15 is 0 Å². The van der Waals surface area contributed by atoms with E-state index in [4.69, 9.17) is 10.00 Å². The van der Waals surface area contributed by atoms with Gasteiger partial charge in [0.1, 0.15) is 11.3 Å². The topological polar surface area (TPSA) is 108 Å². The standard InChI is InChI=1S/C21H23N5O3/c1-6-21(5)17(27)26(19(28)25-21)14-11-23-18(24-12-14)29-16-8-7-13(10-22)9-15(16)20(2,3)4/h7-9,11-12H,6H2,1-5H3,(H,25,28). The van der Waals surface area contributed by atoms with E-state index in [1.165, 1.54) is 12.4 Å². The Kier molecular flexibility index (Phi) is 5.01. The Balaban J connectivity index is 1.87. The highest BCUT2D eigenvalue weighted by molar-refractivity contribution is 6.23. The fourth-order valence-electron chi connectivity index (χ4n) is 3.01. The maximum Gasteiger partial charge on any atom is 0.329 e. The molecule has 1 aliphatic rings. The van der Waals surface area contributed by atoms with Crippen LogP contribution in [0.2, 0.25) is 0 Å². The normalized spacial score (nSPS) is 19.1. The molecule has 2 heterocycles. The molecule has 1 aliphatic heterocycles. The number of urea groups is 1. The minimum atomic E-state index is -0.934. The Labute approximate surface area is 169 Å². The molecule has 1 N–H and O–H groups in total. The van der Waals surface area contributed by atoms with Crippen LogP contribution in [0.1, 0.15) is 52.2 Å². The highest BCUT2D eigenvalue weighted by Crippen LogP contribution is 2.34. The van der Waals surface area contributed by atoms with Gasteiger partial charge < -0.3 is 10.1 Å². The molecule has 0 aliphatic carbocycles. The number of hydrogen-bond donors (Lipinski definition) is 1. The smallest absolute Gasteiger partial charge is 0.329 e. The van der Waals surface area contributed by atoms with Crippen LogP contribution in [0.4, 0.5) is 10.5 Å². The van der Waals surface area contributed by atoms with E-state index in [9.17, 15) is 9.59 Å². The summed E-state index contributed by atoms with van der Waals surface area (Å²) in [5.41, 5.74) is 0.462. The van der Waals surface area contributed by atoms with Crippen LogP contribution in [0.25, 0.3) is 0 Å². The molecule has 0 bridgehead atoms. The van der Waals surface area contributed by atoms with Crippen LogP contribution < -0.4 is 15.0 Å². The Bertz CT molecular complexity index is 1000. The number of carbonyl (C=O) groups is 2. The molecule has 1 unspecified atom stereocenters. The Morgan fingerprint density at radius 3 is 2.41 bits per heavy atom. The van der Waals surface area contributed by atoms with Crippen molar-refractivity contribution in [2.24, 2.45) is 0 Å². The van der Waals surface area contributed by atoms with Crippen LogP contribution in [0, 0.1) is 11.3 Å². The molecule has 8 nitrogen and oxygen atoms in total. The number of carbonyl (C=O) groups excluding carboxylic acids is 2. The third-order valence-corrected chi connectivity index (χ3v) is 4.96. The summed E-state index contributed by atoms with van der Waals surface area (Å²) < 4.78 is 5.83. The Morgan fingerprint density at radius 1 is 1.24 bits per heavy atom. The molecular formula is C21H23N5O3. The zero-order valence-electron chi connectivity index (χ0n) is 17.1. The molecule has 2 aromatic rings. The maximum absolute atomic E-state index is 12.6. The predicted octanol–water partition coefficient (Wildman–Crippen LogP) is 3.66. The number of nitriles is 1. The number of rotatable bonds is 4. The van der Waals surface area contributed by atoms with Crippen molar-refractivity contribution in [3.05, 3.63) is 41.7 Å². The number of aromatic nitrogens is 2. The van der Waals surface area contributed by atoms with E-state index in [2.05, 4.69) is 21.4 Å². The summed E-state index contributed by atoms with van der Waals surface area (Å²) >= 11 is 0. The summed E-state index contributed by atoms with van der Waals surface area (Å²) in [5.74, 6) is 0.196. The molecule has 1 fully saturated rings. The number of nitrogens with zero attached hydrogens (tertiary/aromatic N) is 4. The summed E-state index contributed by atoms with van der Waals surface area (Å²) in [4.78, 5) is 34.2. The van der Waals surface area contributed by atoms with E-state index in [0.29, 0.717) is 17.7 Å². The fraction of sp³-hybridized carbons (Fsp3) is 0.381. The van der Waals surface area contributed by atoms with Gasteiger partial charge in [-0.2, -0.15) is 5.26 Å². The second kappa shape index (κ2) is 7.17. The number of amides is 3. The third-order valence-electron chi connectivity index (χ3n) is 4.96. The molecule has 1 saturated heterocycles. The Hall–Kier alpha value is -3.47. The number of benzene rings is 1. The summed E-state index contributed by atoms with van der Waals surface area (Å²) in [6.45, 7) is 9.57. The van der Waals surface area contributed by atoms with Gasteiger partial charge >= 0.3 is 12.0 Å². The molecule has 1 aromatic carbocycles. The van der Waals surface area contributed by atoms with Gasteiger partial charge in [-0.25, -0.2) is 19.7 Å². The van der Waals surface area contributed by atoms with Gasteiger partial charge in [-0.05, 0) is 37.0 Å². The van der Waals surface area contributed by atoms with Gasteiger partial charge in [0.05, 0.1) is 29.7 Å². The molecule has 1 aromatic heterocycles. The molecule has 3 rings (SSSR count). The van der Waals surface area contributed by atoms with Crippen LogP contribution in [-0.4, -0.2) is 27.4 Å². The van der Waals surface area contributed by atoms with Crippen molar-refractivity contribution >= 4 is 17.6 Å². The number of imide groups is 1. The number of nitrogens with one attached hydrogen (secondary N) is 1. The van der Waals surface area contributed by atoms with Crippen molar-refractivity contribution in [2.75, 3.05) is 4.90 Å². The summed E-state index contributed by atoms with van der Waals surface area (Å²) in [6.07, 6.45) is 3.23. The molecule has 8 heteroatoms. The largest absolute Gasteiger partial charge is 0.424 e. The van der Waals surface area contributed by atoms with Gasteiger partial charge in [-0.1, -0.05) is 27.7 Å². The van der Waals surface area contributed by atoms with Crippen molar-refractivity contribution in [1.29, 1.82) is 5.26 Å². The van der Waals surface area contributed by atoms with Crippen molar-refractivity contribution in [3.8, 4) is 17.8 Å². The first-order valence-corrected chi connectivity index (χ1v) is 9.30.